The Morgan fingerprint density at radius 3 is 2.38 bits per heavy atom. The van der Waals surface area contributed by atoms with Gasteiger partial charge in [0.05, 0.1) is 10.6 Å². The summed E-state index contributed by atoms with van der Waals surface area (Å²) in [5, 5.41) is 0.402. The van der Waals surface area contributed by atoms with Gasteiger partial charge in [-0.25, -0.2) is 4.98 Å². The van der Waals surface area contributed by atoms with Crippen LogP contribution in [-0.2, 0) is 0 Å². The van der Waals surface area contributed by atoms with Crippen LogP contribution in [0.3, 0.4) is 0 Å². The molecule has 2 heterocycles. The van der Waals surface area contributed by atoms with Crippen LogP contribution < -0.4 is 10.6 Å². The Bertz CT molecular complexity index is 756. The molecular formula is C18H18ClN3O2. The highest BCUT2D eigenvalue weighted by molar-refractivity contribution is 6.33. The lowest BCUT2D eigenvalue weighted by molar-refractivity contribution is 0.0899. The summed E-state index contributed by atoms with van der Waals surface area (Å²) in [6.07, 6.45) is 2.94. The third-order valence-electron chi connectivity index (χ3n) is 4.33. The van der Waals surface area contributed by atoms with E-state index in [4.69, 9.17) is 17.3 Å². The number of nitrogens with two attached hydrogens (primary N) is 1. The summed E-state index contributed by atoms with van der Waals surface area (Å²) < 4.78 is 0. The number of nitrogens with zero attached hydrogens (tertiary/aromatic N) is 2. The quantitative estimate of drug-likeness (QED) is 0.866. The highest BCUT2D eigenvalue weighted by Gasteiger charge is 2.27. The monoisotopic (exact) mass is 343 g/mol. The van der Waals surface area contributed by atoms with Crippen LogP contribution in [0.15, 0.2) is 42.6 Å². The highest BCUT2D eigenvalue weighted by Crippen LogP contribution is 2.29. The van der Waals surface area contributed by atoms with E-state index < -0.39 is 5.91 Å². The number of primary amides is 1. The molecule has 1 aliphatic rings. The molecule has 2 N–H and O–H groups in total. The van der Waals surface area contributed by atoms with E-state index in [-0.39, 0.29) is 17.3 Å². The molecule has 1 aromatic carbocycles. The van der Waals surface area contributed by atoms with Crippen molar-refractivity contribution in [2.45, 2.75) is 12.8 Å². The number of halogens is 1. The van der Waals surface area contributed by atoms with Gasteiger partial charge in [0.15, 0.2) is 5.78 Å². The van der Waals surface area contributed by atoms with Crippen LogP contribution in [0.4, 0.5) is 5.82 Å². The number of amides is 1. The average Bonchev–Trinajstić information content (AvgIpc) is 2.62. The SMILES string of the molecule is NC(=O)c1cnc(N2CCC(C(=O)c3ccccc3)CC2)c(Cl)c1. The molecule has 2 aromatic rings. The van der Waals surface area contributed by atoms with E-state index in [9.17, 15) is 9.59 Å². The van der Waals surface area contributed by atoms with Gasteiger partial charge in [0, 0.05) is 30.8 Å². The molecule has 0 bridgehead atoms. The number of hydrogen-bond donors (Lipinski definition) is 1. The standard InChI is InChI=1S/C18H18ClN3O2/c19-15-10-14(17(20)24)11-21-18(15)22-8-6-13(7-9-22)16(23)12-4-2-1-3-5-12/h1-5,10-11,13H,6-9H2,(H2,20,24). The van der Waals surface area contributed by atoms with Gasteiger partial charge in [0.25, 0.3) is 0 Å². The number of carbonyl (C=O) groups excluding carboxylic acids is 2. The molecule has 124 valence electrons. The molecule has 1 aromatic heterocycles. The van der Waals surface area contributed by atoms with Crippen molar-refractivity contribution in [2.75, 3.05) is 18.0 Å². The molecule has 0 saturated carbocycles. The Hall–Kier alpha value is -2.40. The molecule has 5 nitrogen and oxygen atoms in total. The lowest BCUT2D eigenvalue weighted by Gasteiger charge is -2.32. The van der Waals surface area contributed by atoms with Gasteiger partial charge in [-0.15, -0.1) is 0 Å². The van der Waals surface area contributed by atoms with Crippen LogP contribution in [0.2, 0.25) is 5.02 Å². The number of rotatable bonds is 4. The second kappa shape index (κ2) is 7.01. The molecule has 24 heavy (non-hydrogen) atoms. The summed E-state index contributed by atoms with van der Waals surface area (Å²) in [4.78, 5) is 30.0. The summed E-state index contributed by atoms with van der Waals surface area (Å²) in [7, 11) is 0. The molecule has 1 aliphatic heterocycles. The van der Waals surface area contributed by atoms with Crippen LogP contribution in [0.25, 0.3) is 0 Å². The maximum absolute atomic E-state index is 12.5. The summed E-state index contributed by atoms with van der Waals surface area (Å²) >= 11 is 6.22. The normalized spacial score (nSPS) is 15.3. The number of pyridine rings is 1. The van der Waals surface area contributed by atoms with Gasteiger partial charge >= 0.3 is 0 Å². The first kappa shape index (κ1) is 16.5. The number of piperidine rings is 1. The largest absolute Gasteiger partial charge is 0.366 e. The third-order valence-corrected chi connectivity index (χ3v) is 4.61. The van der Waals surface area contributed by atoms with Gasteiger partial charge in [-0.2, -0.15) is 0 Å². The van der Waals surface area contributed by atoms with E-state index in [1.165, 1.54) is 12.3 Å². The topological polar surface area (TPSA) is 76.3 Å². The lowest BCUT2D eigenvalue weighted by atomic mass is 9.89. The lowest BCUT2D eigenvalue weighted by Crippen LogP contribution is -2.37. The second-order valence-electron chi connectivity index (χ2n) is 5.89. The van der Waals surface area contributed by atoms with Crippen LogP contribution >= 0.6 is 11.6 Å². The third kappa shape index (κ3) is 3.41. The first-order chi connectivity index (χ1) is 11.6. The molecule has 0 spiro atoms. The van der Waals surface area contributed by atoms with Crippen LogP contribution in [0, 0.1) is 5.92 Å². The number of ketones is 1. The summed E-state index contributed by atoms with van der Waals surface area (Å²) in [5.74, 6) is 0.293. The Balaban J connectivity index is 1.67. The first-order valence-corrected chi connectivity index (χ1v) is 8.23. The Morgan fingerprint density at radius 2 is 1.79 bits per heavy atom. The summed E-state index contributed by atoms with van der Waals surface area (Å²) in [6.45, 7) is 1.40. The second-order valence-corrected chi connectivity index (χ2v) is 6.29. The molecule has 1 amide bonds. The van der Waals surface area contributed by atoms with Gasteiger partial charge in [-0.3, -0.25) is 9.59 Å². The van der Waals surface area contributed by atoms with Crippen molar-refractivity contribution in [3.05, 3.63) is 58.7 Å². The van der Waals surface area contributed by atoms with E-state index in [0.29, 0.717) is 23.9 Å². The molecule has 1 fully saturated rings. The van der Waals surface area contributed by atoms with Crippen molar-refractivity contribution < 1.29 is 9.59 Å². The Labute approximate surface area is 145 Å². The van der Waals surface area contributed by atoms with Crippen molar-refractivity contribution in [1.29, 1.82) is 0 Å². The number of aromatic nitrogens is 1. The average molecular weight is 344 g/mol. The summed E-state index contributed by atoms with van der Waals surface area (Å²) in [6, 6.07) is 10.9. The minimum absolute atomic E-state index is 0.0207. The van der Waals surface area contributed by atoms with Crippen LogP contribution in [0.5, 0.6) is 0 Å². The van der Waals surface area contributed by atoms with Crippen molar-refractivity contribution in [3.63, 3.8) is 0 Å². The molecule has 1 saturated heterocycles. The number of carbonyl (C=O) groups is 2. The van der Waals surface area contributed by atoms with Crippen molar-refractivity contribution in [3.8, 4) is 0 Å². The Kier molecular flexibility index (Phi) is 4.81. The van der Waals surface area contributed by atoms with Gasteiger partial charge < -0.3 is 10.6 Å². The minimum atomic E-state index is -0.553. The zero-order valence-corrected chi connectivity index (χ0v) is 13.9. The van der Waals surface area contributed by atoms with E-state index >= 15 is 0 Å². The van der Waals surface area contributed by atoms with E-state index in [0.717, 1.165) is 18.4 Å². The van der Waals surface area contributed by atoms with Gasteiger partial charge in [-0.05, 0) is 18.9 Å². The molecule has 0 unspecified atom stereocenters. The smallest absolute Gasteiger partial charge is 0.250 e. The highest BCUT2D eigenvalue weighted by atomic mass is 35.5. The van der Waals surface area contributed by atoms with Crippen molar-refractivity contribution >= 4 is 29.1 Å². The molecular weight excluding hydrogens is 326 g/mol. The maximum atomic E-state index is 12.5. The van der Waals surface area contributed by atoms with Crippen LogP contribution in [0.1, 0.15) is 33.6 Å². The van der Waals surface area contributed by atoms with Gasteiger partial charge in [0.1, 0.15) is 5.82 Å². The molecule has 0 aliphatic carbocycles. The van der Waals surface area contributed by atoms with Crippen molar-refractivity contribution in [2.24, 2.45) is 11.7 Å². The summed E-state index contributed by atoms with van der Waals surface area (Å²) in [5.41, 5.74) is 6.28. The Morgan fingerprint density at radius 1 is 1.12 bits per heavy atom. The molecule has 0 radical (unpaired) electrons. The van der Waals surface area contributed by atoms with E-state index in [1.807, 2.05) is 35.2 Å². The van der Waals surface area contributed by atoms with Crippen molar-refractivity contribution in [1.82, 2.24) is 4.98 Å². The van der Waals surface area contributed by atoms with Crippen LogP contribution in [-0.4, -0.2) is 29.8 Å². The fourth-order valence-corrected chi connectivity index (χ4v) is 3.28. The van der Waals surface area contributed by atoms with Gasteiger partial charge in [-0.1, -0.05) is 41.9 Å². The molecule has 0 atom stereocenters. The fraction of sp³-hybridized carbons (Fsp3) is 0.278. The fourth-order valence-electron chi connectivity index (χ4n) is 2.99. The number of anilines is 1. The molecule has 3 rings (SSSR count). The predicted octanol–water partition coefficient (Wildman–Crippen LogP) is 2.93. The zero-order valence-electron chi connectivity index (χ0n) is 13.1. The maximum Gasteiger partial charge on any atom is 0.250 e. The first-order valence-electron chi connectivity index (χ1n) is 7.86. The number of hydrogen-bond acceptors (Lipinski definition) is 4. The number of benzene rings is 1. The van der Waals surface area contributed by atoms with E-state index in [2.05, 4.69) is 4.98 Å². The van der Waals surface area contributed by atoms with Gasteiger partial charge in [0.2, 0.25) is 5.91 Å². The predicted molar refractivity (Wildman–Crippen MR) is 93.5 cm³/mol. The molecule has 6 heteroatoms. The number of Topliss-reactive ketones (excluding diaryl/α,β-unsaturated/α-hetero) is 1. The minimum Gasteiger partial charge on any atom is -0.366 e. The zero-order chi connectivity index (χ0) is 17.1. The van der Waals surface area contributed by atoms with E-state index in [1.54, 1.807) is 0 Å².